The van der Waals surface area contributed by atoms with E-state index in [9.17, 15) is 4.79 Å². The molecule has 0 fully saturated rings. The van der Waals surface area contributed by atoms with Crippen LogP contribution < -0.4 is 4.74 Å². The van der Waals surface area contributed by atoms with E-state index in [1.54, 1.807) is 12.4 Å². The smallest absolute Gasteiger partial charge is 0.213 e. The van der Waals surface area contributed by atoms with Crippen LogP contribution >= 0.6 is 12.2 Å². The zero-order valence-electron chi connectivity index (χ0n) is 11.3. The molecule has 3 rings (SSSR count). The molecule has 1 aromatic rings. The van der Waals surface area contributed by atoms with E-state index in [4.69, 9.17) is 17.0 Å². The first kappa shape index (κ1) is 13.0. The first-order valence-electron chi connectivity index (χ1n) is 6.36. The number of ether oxygens (including phenoxy) is 1. The van der Waals surface area contributed by atoms with Crippen molar-refractivity contribution in [3.8, 4) is 5.75 Å². The highest BCUT2D eigenvalue weighted by atomic mass is 32.1. The van der Waals surface area contributed by atoms with Crippen LogP contribution in [0.4, 0.5) is 0 Å². The van der Waals surface area contributed by atoms with Gasteiger partial charge >= 0.3 is 0 Å². The topological polar surface area (TPSA) is 42.4 Å². The highest BCUT2D eigenvalue weighted by Gasteiger charge is 2.32. The molecule has 1 aromatic heterocycles. The maximum Gasteiger partial charge on any atom is 0.213 e. The fourth-order valence-electron chi connectivity index (χ4n) is 2.37. The Kier molecular flexibility index (Phi) is 2.94. The van der Waals surface area contributed by atoms with Gasteiger partial charge in [0.15, 0.2) is 4.99 Å². The van der Waals surface area contributed by atoms with E-state index in [0.29, 0.717) is 11.5 Å². The molecule has 102 valence electrons. The zero-order valence-corrected chi connectivity index (χ0v) is 12.1. The predicted octanol–water partition coefficient (Wildman–Crippen LogP) is 2.36. The standard InChI is InChI=1S/C15H14N2O2S/c1-15(2)8-11(10-9-16-6-5-13(10)19-15)17-7-3-4-12(18)14(17)20/h3-6,8-9H,7H2,1-2H3. The molecule has 0 saturated heterocycles. The van der Waals surface area contributed by atoms with Crippen LogP contribution in [-0.4, -0.2) is 32.8 Å². The Balaban J connectivity index is 2.11. The molecular weight excluding hydrogens is 272 g/mol. The summed E-state index contributed by atoms with van der Waals surface area (Å²) in [6.45, 7) is 4.53. The molecule has 0 bridgehead atoms. The largest absolute Gasteiger partial charge is 0.483 e. The average Bonchev–Trinajstić information content (AvgIpc) is 2.40. The van der Waals surface area contributed by atoms with Gasteiger partial charge in [0.1, 0.15) is 11.4 Å². The molecule has 0 unspecified atom stereocenters. The Morgan fingerprint density at radius 3 is 3.05 bits per heavy atom. The second-order valence-electron chi connectivity index (χ2n) is 5.29. The SMILES string of the molecule is CC1(C)C=C(N2CC=CC(=O)C2=S)c2cnccc2O1. The summed E-state index contributed by atoms with van der Waals surface area (Å²) < 4.78 is 5.91. The molecule has 0 radical (unpaired) electrons. The van der Waals surface area contributed by atoms with E-state index >= 15 is 0 Å². The van der Waals surface area contributed by atoms with Crippen LogP contribution in [0.2, 0.25) is 0 Å². The number of pyridine rings is 1. The number of hydrogen-bond donors (Lipinski definition) is 0. The summed E-state index contributed by atoms with van der Waals surface area (Å²) in [5.74, 6) is 0.620. The van der Waals surface area contributed by atoms with Gasteiger partial charge in [-0.1, -0.05) is 18.3 Å². The number of hydrogen-bond acceptors (Lipinski definition) is 4. The summed E-state index contributed by atoms with van der Waals surface area (Å²) in [6.07, 6.45) is 8.75. The third kappa shape index (κ3) is 2.14. The van der Waals surface area contributed by atoms with Crippen molar-refractivity contribution in [3.63, 3.8) is 0 Å². The minimum absolute atomic E-state index is 0.137. The summed E-state index contributed by atoms with van der Waals surface area (Å²) in [6, 6.07) is 1.83. The van der Waals surface area contributed by atoms with Crippen LogP contribution in [0.5, 0.6) is 5.75 Å². The Hall–Kier alpha value is -2.01. The molecule has 2 aliphatic heterocycles. The third-order valence-electron chi connectivity index (χ3n) is 3.22. The van der Waals surface area contributed by atoms with E-state index in [1.807, 2.05) is 37.0 Å². The zero-order chi connectivity index (χ0) is 14.3. The highest BCUT2D eigenvalue weighted by Crippen LogP contribution is 2.37. The first-order valence-corrected chi connectivity index (χ1v) is 6.77. The maximum atomic E-state index is 11.8. The molecule has 3 heterocycles. The lowest BCUT2D eigenvalue weighted by Gasteiger charge is -2.36. The fraction of sp³-hybridized carbons (Fsp3) is 0.267. The second-order valence-corrected chi connectivity index (χ2v) is 5.68. The van der Waals surface area contributed by atoms with Gasteiger partial charge < -0.3 is 9.64 Å². The van der Waals surface area contributed by atoms with Crippen molar-refractivity contribution in [1.29, 1.82) is 0 Å². The lowest BCUT2D eigenvalue weighted by atomic mass is 9.99. The monoisotopic (exact) mass is 286 g/mol. The molecule has 0 spiro atoms. The first-order chi connectivity index (χ1) is 9.48. The fourth-order valence-corrected chi connectivity index (χ4v) is 2.61. The summed E-state index contributed by atoms with van der Waals surface area (Å²) in [5.41, 5.74) is 1.29. The van der Waals surface area contributed by atoms with Gasteiger partial charge in [-0.25, -0.2) is 0 Å². The number of ketones is 1. The van der Waals surface area contributed by atoms with Crippen LogP contribution in [0.1, 0.15) is 19.4 Å². The normalized spacial score (nSPS) is 20.3. The van der Waals surface area contributed by atoms with Gasteiger partial charge in [0.25, 0.3) is 0 Å². The van der Waals surface area contributed by atoms with Gasteiger partial charge in [-0.15, -0.1) is 0 Å². The molecule has 5 heteroatoms. The van der Waals surface area contributed by atoms with Gasteiger partial charge in [0.05, 0.1) is 11.3 Å². The molecule has 4 nitrogen and oxygen atoms in total. The Morgan fingerprint density at radius 2 is 2.25 bits per heavy atom. The molecule has 0 amide bonds. The van der Waals surface area contributed by atoms with Gasteiger partial charge in [-0.05, 0) is 32.1 Å². The van der Waals surface area contributed by atoms with Crippen LogP contribution in [0.3, 0.4) is 0 Å². The van der Waals surface area contributed by atoms with E-state index in [0.717, 1.165) is 17.0 Å². The van der Waals surface area contributed by atoms with Crippen molar-refractivity contribution < 1.29 is 9.53 Å². The van der Waals surface area contributed by atoms with Crippen molar-refractivity contribution in [2.75, 3.05) is 6.54 Å². The highest BCUT2D eigenvalue weighted by molar-refractivity contribution is 7.82. The number of carbonyl (C=O) groups excluding carboxylic acids is 1. The van der Waals surface area contributed by atoms with E-state index in [2.05, 4.69) is 4.98 Å². The van der Waals surface area contributed by atoms with Crippen LogP contribution in [0, 0.1) is 0 Å². The number of carbonyl (C=O) groups is 1. The average molecular weight is 286 g/mol. The Labute approximate surface area is 122 Å². The Morgan fingerprint density at radius 1 is 1.45 bits per heavy atom. The summed E-state index contributed by atoms with van der Waals surface area (Å²) in [7, 11) is 0. The molecule has 0 aromatic carbocycles. The second kappa shape index (κ2) is 4.52. The Bertz CT molecular complexity index is 662. The van der Waals surface area contributed by atoms with E-state index in [1.165, 1.54) is 6.08 Å². The summed E-state index contributed by atoms with van der Waals surface area (Å²) in [5, 5.41) is 0. The van der Waals surface area contributed by atoms with Crippen LogP contribution in [0.15, 0.2) is 36.7 Å². The lowest BCUT2D eigenvalue weighted by Crippen LogP contribution is -2.39. The third-order valence-corrected chi connectivity index (χ3v) is 3.64. The van der Waals surface area contributed by atoms with Crippen LogP contribution in [0.25, 0.3) is 5.70 Å². The number of aromatic nitrogens is 1. The minimum atomic E-state index is -0.455. The number of rotatable bonds is 1. The molecule has 0 aliphatic carbocycles. The quantitative estimate of drug-likeness (QED) is 0.741. The van der Waals surface area contributed by atoms with Crippen molar-refractivity contribution >= 4 is 28.7 Å². The number of fused-ring (bicyclic) bond motifs is 1. The van der Waals surface area contributed by atoms with Crippen molar-refractivity contribution in [3.05, 3.63) is 42.3 Å². The minimum Gasteiger partial charge on any atom is -0.483 e. The van der Waals surface area contributed by atoms with Gasteiger partial charge in [0.2, 0.25) is 5.78 Å². The molecule has 0 atom stereocenters. The van der Waals surface area contributed by atoms with Gasteiger partial charge in [-0.3, -0.25) is 9.78 Å². The molecule has 2 aliphatic rings. The van der Waals surface area contributed by atoms with Crippen molar-refractivity contribution in [2.24, 2.45) is 0 Å². The summed E-state index contributed by atoms with van der Waals surface area (Å²) in [4.78, 5) is 18.1. The van der Waals surface area contributed by atoms with E-state index in [-0.39, 0.29) is 5.78 Å². The number of nitrogens with zero attached hydrogens (tertiary/aromatic N) is 2. The molecule has 20 heavy (non-hydrogen) atoms. The summed E-state index contributed by atoms with van der Waals surface area (Å²) >= 11 is 5.26. The van der Waals surface area contributed by atoms with E-state index < -0.39 is 5.60 Å². The van der Waals surface area contributed by atoms with Crippen molar-refractivity contribution in [1.82, 2.24) is 9.88 Å². The van der Waals surface area contributed by atoms with Gasteiger partial charge in [-0.2, -0.15) is 0 Å². The molecular formula is C15H14N2O2S. The van der Waals surface area contributed by atoms with Crippen LogP contribution in [-0.2, 0) is 4.79 Å². The molecule has 0 N–H and O–H groups in total. The lowest BCUT2D eigenvalue weighted by molar-refractivity contribution is -0.109. The predicted molar refractivity (Wildman–Crippen MR) is 80.4 cm³/mol. The van der Waals surface area contributed by atoms with Crippen molar-refractivity contribution in [2.45, 2.75) is 19.4 Å². The van der Waals surface area contributed by atoms with Gasteiger partial charge in [0, 0.05) is 18.9 Å². The number of thiocarbonyl (C=S) groups is 1. The maximum absolute atomic E-state index is 11.8. The molecule has 0 saturated carbocycles.